The van der Waals surface area contributed by atoms with Crippen LogP contribution in [0.4, 0.5) is 0 Å². The molecule has 146 valence electrons. The number of fused-ring (bicyclic) bond motifs is 2. The molecule has 0 unspecified atom stereocenters. The Morgan fingerprint density at radius 2 is 1.59 bits per heavy atom. The molecule has 0 radical (unpaired) electrons. The molecule has 0 amide bonds. The maximum absolute atomic E-state index is 13.7. The highest BCUT2D eigenvalue weighted by Gasteiger charge is 2.37. The number of rotatable bonds is 3. The predicted molar refractivity (Wildman–Crippen MR) is 115 cm³/mol. The first-order valence-electron chi connectivity index (χ1n) is 9.76. The van der Waals surface area contributed by atoms with Crippen molar-refractivity contribution in [2.24, 2.45) is 0 Å². The molecule has 0 aliphatic carbocycles. The lowest BCUT2D eigenvalue weighted by Crippen LogP contribution is -2.42. The van der Waals surface area contributed by atoms with E-state index in [2.05, 4.69) is 4.57 Å². The SMILES string of the molecule is Cc1ccc([C@H]2c3cccn3CCN2S(=O)(=O)c2ccc3ccccc3c2)cc1. The maximum Gasteiger partial charge on any atom is 0.244 e. The van der Waals surface area contributed by atoms with Crippen LogP contribution in [0.15, 0.2) is 90.0 Å². The largest absolute Gasteiger partial charge is 0.348 e. The highest BCUT2D eigenvalue weighted by molar-refractivity contribution is 7.89. The Kier molecular flexibility index (Phi) is 4.30. The molecule has 1 aliphatic heterocycles. The second-order valence-corrected chi connectivity index (χ2v) is 9.45. The molecule has 1 aliphatic rings. The van der Waals surface area contributed by atoms with Gasteiger partial charge in [0.1, 0.15) is 0 Å². The van der Waals surface area contributed by atoms with Crippen LogP contribution >= 0.6 is 0 Å². The van der Waals surface area contributed by atoms with E-state index in [1.807, 2.05) is 79.9 Å². The van der Waals surface area contributed by atoms with Crippen molar-refractivity contribution in [3.63, 3.8) is 0 Å². The second kappa shape index (κ2) is 6.87. The minimum absolute atomic E-state index is 0.337. The molecule has 2 heterocycles. The summed E-state index contributed by atoms with van der Waals surface area (Å²) in [4.78, 5) is 0.341. The summed E-state index contributed by atoms with van der Waals surface area (Å²) >= 11 is 0. The summed E-state index contributed by atoms with van der Waals surface area (Å²) in [5.41, 5.74) is 3.15. The van der Waals surface area contributed by atoms with E-state index in [0.29, 0.717) is 18.0 Å². The molecule has 3 aromatic carbocycles. The molecule has 29 heavy (non-hydrogen) atoms. The molecule has 5 heteroatoms. The van der Waals surface area contributed by atoms with Gasteiger partial charge in [-0.15, -0.1) is 0 Å². The third-order valence-corrected chi connectivity index (χ3v) is 7.58. The van der Waals surface area contributed by atoms with Crippen molar-refractivity contribution in [1.29, 1.82) is 0 Å². The van der Waals surface area contributed by atoms with Crippen LogP contribution in [0.2, 0.25) is 0 Å². The third-order valence-electron chi connectivity index (χ3n) is 5.71. The Bertz CT molecular complexity index is 1290. The van der Waals surface area contributed by atoms with Gasteiger partial charge in [-0.3, -0.25) is 0 Å². The number of hydrogen-bond acceptors (Lipinski definition) is 2. The monoisotopic (exact) mass is 402 g/mol. The summed E-state index contributed by atoms with van der Waals surface area (Å²) < 4.78 is 31.3. The van der Waals surface area contributed by atoms with Gasteiger partial charge in [0, 0.05) is 25.0 Å². The first-order chi connectivity index (χ1) is 14.0. The van der Waals surface area contributed by atoms with Crippen LogP contribution in [0.5, 0.6) is 0 Å². The molecule has 1 atom stereocenters. The summed E-state index contributed by atoms with van der Waals surface area (Å²) in [5, 5.41) is 1.97. The standard InChI is InChI=1S/C24H22N2O2S/c1-18-8-10-20(11-9-18)24-23-7-4-14-25(23)15-16-26(24)29(27,28)22-13-12-19-5-2-3-6-21(19)17-22/h2-14,17,24H,15-16H2,1H3/t24-/m0/s1. The third kappa shape index (κ3) is 3.07. The van der Waals surface area contributed by atoms with Gasteiger partial charge in [-0.05, 0) is 47.5 Å². The fourth-order valence-electron chi connectivity index (χ4n) is 4.17. The summed E-state index contributed by atoms with van der Waals surface area (Å²) in [5.74, 6) is 0. The molecule has 5 rings (SSSR count). The van der Waals surface area contributed by atoms with E-state index in [1.54, 1.807) is 16.4 Å². The van der Waals surface area contributed by atoms with Crippen molar-refractivity contribution >= 4 is 20.8 Å². The lowest BCUT2D eigenvalue weighted by molar-refractivity contribution is 0.298. The van der Waals surface area contributed by atoms with Gasteiger partial charge in [0.2, 0.25) is 10.0 Å². The molecule has 0 N–H and O–H groups in total. The van der Waals surface area contributed by atoms with Crippen molar-refractivity contribution in [2.45, 2.75) is 24.4 Å². The zero-order valence-electron chi connectivity index (χ0n) is 16.2. The van der Waals surface area contributed by atoms with Crippen molar-refractivity contribution < 1.29 is 8.42 Å². The van der Waals surface area contributed by atoms with Crippen LogP contribution in [-0.4, -0.2) is 23.8 Å². The molecule has 4 aromatic rings. The number of aryl methyl sites for hydroxylation is 1. The van der Waals surface area contributed by atoms with Crippen LogP contribution in [0, 0.1) is 6.92 Å². The lowest BCUT2D eigenvalue weighted by atomic mass is 10.0. The van der Waals surface area contributed by atoms with Crippen molar-refractivity contribution in [1.82, 2.24) is 8.87 Å². The Labute approximate surface area is 171 Å². The van der Waals surface area contributed by atoms with Gasteiger partial charge in [0.05, 0.1) is 10.9 Å². The van der Waals surface area contributed by atoms with E-state index >= 15 is 0 Å². The Morgan fingerprint density at radius 3 is 2.38 bits per heavy atom. The van der Waals surface area contributed by atoms with Crippen LogP contribution in [0.25, 0.3) is 10.8 Å². The predicted octanol–water partition coefficient (Wildman–Crippen LogP) is 4.74. The number of aromatic nitrogens is 1. The zero-order valence-corrected chi connectivity index (χ0v) is 17.0. The van der Waals surface area contributed by atoms with Crippen LogP contribution in [0.3, 0.4) is 0 Å². The van der Waals surface area contributed by atoms with Gasteiger partial charge >= 0.3 is 0 Å². The fraction of sp³-hybridized carbons (Fsp3) is 0.167. The fourth-order valence-corrected chi connectivity index (χ4v) is 5.79. The number of nitrogens with zero attached hydrogens (tertiary/aromatic N) is 2. The second-order valence-electron chi connectivity index (χ2n) is 7.56. The van der Waals surface area contributed by atoms with Crippen LogP contribution in [0.1, 0.15) is 22.9 Å². The summed E-state index contributed by atoms with van der Waals surface area (Å²) in [6, 6.07) is 25.0. The first kappa shape index (κ1) is 18.2. The van der Waals surface area contributed by atoms with Crippen LogP contribution < -0.4 is 0 Å². The van der Waals surface area contributed by atoms with E-state index in [0.717, 1.165) is 27.6 Å². The lowest BCUT2D eigenvalue weighted by Gasteiger charge is -2.36. The van der Waals surface area contributed by atoms with Gasteiger partial charge in [0.15, 0.2) is 0 Å². The van der Waals surface area contributed by atoms with Crippen molar-refractivity contribution in [3.05, 3.63) is 102 Å². The maximum atomic E-state index is 13.7. The van der Waals surface area contributed by atoms with E-state index in [4.69, 9.17) is 0 Å². The molecule has 0 bridgehead atoms. The minimum Gasteiger partial charge on any atom is -0.348 e. The average Bonchev–Trinajstić information content (AvgIpc) is 3.22. The van der Waals surface area contributed by atoms with Gasteiger partial charge in [-0.2, -0.15) is 4.31 Å². The topological polar surface area (TPSA) is 42.3 Å². The Hall–Kier alpha value is -2.89. The summed E-state index contributed by atoms with van der Waals surface area (Å²) in [6.07, 6.45) is 2.02. The zero-order chi connectivity index (χ0) is 20.0. The Balaban J connectivity index is 1.64. The van der Waals surface area contributed by atoms with Gasteiger partial charge < -0.3 is 4.57 Å². The highest BCUT2D eigenvalue weighted by atomic mass is 32.2. The molecule has 0 saturated heterocycles. The molecule has 1 aromatic heterocycles. The van der Waals surface area contributed by atoms with Gasteiger partial charge in [-0.25, -0.2) is 8.42 Å². The van der Waals surface area contributed by atoms with Crippen molar-refractivity contribution in [3.8, 4) is 0 Å². The molecular formula is C24H22N2O2S. The summed E-state index contributed by atoms with van der Waals surface area (Å²) in [6.45, 7) is 3.13. The van der Waals surface area contributed by atoms with Crippen LogP contribution in [-0.2, 0) is 16.6 Å². The minimum atomic E-state index is -3.66. The normalized spacial score (nSPS) is 17.3. The van der Waals surface area contributed by atoms with Gasteiger partial charge in [-0.1, -0.05) is 60.2 Å². The Morgan fingerprint density at radius 1 is 0.828 bits per heavy atom. The van der Waals surface area contributed by atoms with E-state index < -0.39 is 10.0 Å². The summed E-state index contributed by atoms with van der Waals surface area (Å²) in [7, 11) is -3.66. The highest BCUT2D eigenvalue weighted by Crippen LogP contribution is 2.37. The number of sulfonamides is 1. The van der Waals surface area contributed by atoms with Crippen molar-refractivity contribution in [2.75, 3.05) is 6.54 Å². The first-order valence-corrected chi connectivity index (χ1v) is 11.2. The van der Waals surface area contributed by atoms with Gasteiger partial charge in [0.25, 0.3) is 0 Å². The number of benzene rings is 3. The quantitative estimate of drug-likeness (QED) is 0.497. The molecule has 0 spiro atoms. The number of hydrogen-bond donors (Lipinski definition) is 0. The molecule has 0 fully saturated rings. The molecule has 0 saturated carbocycles. The molecular weight excluding hydrogens is 380 g/mol. The molecule has 4 nitrogen and oxygen atoms in total. The average molecular weight is 403 g/mol. The smallest absolute Gasteiger partial charge is 0.244 e. The van der Waals surface area contributed by atoms with E-state index in [1.165, 1.54) is 0 Å². The van der Waals surface area contributed by atoms with E-state index in [9.17, 15) is 8.42 Å². The van der Waals surface area contributed by atoms with E-state index in [-0.39, 0.29) is 6.04 Å².